The smallest absolute Gasteiger partial charge is 0.230 e. The molecule has 0 radical (unpaired) electrons. The van der Waals surface area contributed by atoms with Crippen LogP contribution in [0.15, 0.2) is 46.3 Å². The van der Waals surface area contributed by atoms with E-state index in [1.54, 1.807) is 11.3 Å². The highest BCUT2D eigenvalue weighted by Crippen LogP contribution is 2.36. The predicted molar refractivity (Wildman–Crippen MR) is 93.0 cm³/mol. The molecule has 0 spiro atoms. The monoisotopic (exact) mass is 339 g/mol. The first-order valence-electron chi connectivity index (χ1n) is 8.04. The molecule has 2 heterocycles. The molecule has 5 nitrogen and oxygen atoms in total. The van der Waals surface area contributed by atoms with Crippen LogP contribution in [0.3, 0.4) is 0 Å². The van der Waals surface area contributed by atoms with Gasteiger partial charge in [-0.15, -0.1) is 11.3 Å². The van der Waals surface area contributed by atoms with E-state index in [-0.39, 0.29) is 5.91 Å². The third-order valence-electron chi connectivity index (χ3n) is 4.22. The molecule has 0 saturated heterocycles. The van der Waals surface area contributed by atoms with E-state index >= 15 is 0 Å². The highest BCUT2D eigenvalue weighted by atomic mass is 32.1. The van der Waals surface area contributed by atoms with Gasteiger partial charge in [-0.3, -0.25) is 4.79 Å². The van der Waals surface area contributed by atoms with Crippen LogP contribution >= 0.6 is 11.3 Å². The lowest BCUT2D eigenvalue weighted by Gasteiger charge is -2.20. The van der Waals surface area contributed by atoms with Crippen molar-refractivity contribution in [2.75, 3.05) is 5.32 Å². The molecule has 1 amide bonds. The summed E-state index contributed by atoms with van der Waals surface area (Å²) in [5, 5.41) is 8.97. The number of carbonyl (C=O) groups is 1. The van der Waals surface area contributed by atoms with Gasteiger partial charge in [-0.1, -0.05) is 29.8 Å². The topological polar surface area (TPSA) is 68.0 Å². The molecule has 122 valence electrons. The van der Waals surface area contributed by atoms with Gasteiger partial charge in [0.1, 0.15) is 0 Å². The molecule has 24 heavy (non-hydrogen) atoms. The molecule has 0 aliphatic heterocycles. The van der Waals surface area contributed by atoms with Crippen LogP contribution in [0.2, 0.25) is 0 Å². The zero-order valence-electron chi connectivity index (χ0n) is 13.1. The third kappa shape index (κ3) is 3.23. The molecular formula is C18H17N3O2S. The first-order valence-corrected chi connectivity index (χ1v) is 8.92. The minimum absolute atomic E-state index is 0.0298. The van der Waals surface area contributed by atoms with Crippen molar-refractivity contribution in [1.82, 2.24) is 10.1 Å². The standard InChI is InChI=1S/C18H17N3O2S/c22-16(11-15-8-3-9-24-15)19-14-7-2-6-13(10-14)17-20-18(23-21-17)12-4-1-5-12/h2-3,6-10,12H,1,4-5,11H2,(H,19,22). The molecule has 2 aromatic heterocycles. The van der Waals surface area contributed by atoms with Crippen molar-refractivity contribution in [3.05, 3.63) is 52.5 Å². The Morgan fingerprint density at radius 2 is 2.21 bits per heavy atom. The lowest BCUT2D eigenvalue weighted by Crippen LogP contribution is -2.13. The minimum atomic E-state index is -0.0298. The molecule has 3 aromatic rings. The van der Waals surface area contributed by atoms with Gasteiger partial charge in [-0.2, -0.15) is 4.98 Å². The van der Waals surface area contributed by atoms with Crippen molar-refractivity contribution >= 4 is 22.9 Å². The van der Waals surface area contributed by atoms with Crippen LogP contribution in [-0.2, 0) is 11.2 Å². The van der Waals surface area contributed by atoms with Gasteiger partial charge in [-0.05, 0) is 36.4 Å². The van der Waals surface area contributed by atoms with Gasteiger partial charge in [0.05, 0.1) is 6.42 Å². The summed E-state index contributed by atoms with van der Waals surface area (Å²) in [6, 6.07) is 11.5. The largest absolute Gasteiger partial charge is 0.339 e. The van der Waals surface area contributed by atoms with E-state index in [9.17, 15) is 4.79 Å². The summed E-state index contributed by atoms with van der Waals surface area (Å²) < 4.78 is 5.37. The summed E-state index contributed by atoms with van der Waals surface area (Å²) in [6.45, 7) is 0. The molecule has 1 saturated carbocycles. The lowest BCUT2D eigenvalue weighted by molar-refractivity contribution is -0.115. The number of hydrogen-bond donors (Lipinski definition) is 1. The van der Waals surface area contributed by atoms with Crippen molar-refractivity contribution in [1.29, 1.82) is 0 Å². The first kappa shape index (κ1) is 15.1. The normalized spacial score (nSPS) is 14.3. The van der Waals surface area contributed by atoms with Gasteiger partial charge in [0, 0.05) is 22.0 Å². The summed E-state index contributed by atoms with van der Waals surface area (Å²) in [4.78, 5) is 17.7. The average Bonchev–Trinajstić information content (AvgIpc) is 3.18. The van der Waals surface area contributed by atoms with Crippen LogP contribution in [0.25, 0.3) is 11.4 Å². The van der Waals surface area contributed by atoms with E-state index in [1.807, 2.05) is 41.8 Å². The van der Waals surface area contributed by atoms with E-state index in [0.717, 1.165) is 34.9 Å². The summed E-state index contributed by atoms with van der Waals surface area (Å²) in [7, 11) is 0. The summed E-state index contributed by atoms with van der Waals surface area (Å²) >= 11 is 1.58. The van der Waals surface area contributed by atoms with Crippen LogP contribution in [0.1, 0.15) is 35.9 Å². The van der Waals surface area contributed by atoms with Crippen LogP contribution in [0.5, 0.6) is 0 Å². The Hall–Kier alpha value is -2.47. The van der Waals surface area contributed by atoms with Crippen molar-refractivity contribution in [3.63, 3.8) is 0 Å². The zero-order chi connectivity index (χ0) is 16.4. The van der Waals surface area contributed by atoms with E-state index in [1.165, 1.54) is 6.42 Å². The van der Waals surface area contributed by atoms with E-state index in [4.69, 9.17) is 4.52 Å². The fourth-order valence-electron chi connectivity index (χ4n) is 2.69. The van der Waals surface area contributed by atoms with Crippen molar-refractivity contribution in [2.24, 2.45) is 0 Å². The number of benzene rings is 1. The van der Waals surface area contributed by atoms with Crippen LogP contribution in [0, 0.1) is 0 Å². The SMILES string of the molecule is O=C(Cc1cccs1)Nc1cccc(-c2noc(C3CCC3)n2)c1. The number of aromatic nitrogens is 2. The number of amides is 1. The Balaban J connectivity index is 1.46. The van der Waals surface area contributed by atoms with Crippen molar-refractivity contribution < 1.29 is 9.32 Å². The molecule has 0 atom stereocenters. The Kier molecular flexibility index (Phi) is 4.13. The van der Waals surface area contributed by atoms with Crippen molar-refractivity contribution in [2.45, 2.75) is 31.6 Å². The maximum absolute atomic E-state index is 12.1. The third-order valence-corrected chi connectivity index (χ3v) is 5.09. The predicted octanol–water partition coefficient (Wildman–Crippen LogP) is 4.25. The Morgan fingerprint density at radius 3 is 2.96 bits per heavy atom. The van der Waals surface area contributed by atoms with E-state index in [2.05, 4.69) is 15.5 Å². The molecule has 1 N–H and O–H groups in total. The summed E-state index contributed by atoms with van der Waals surface area (Å²) in [5.41, 5.74) is 1.59. The number of thiophene rings is 1. The van der Waals surface area contributed by atoms with Gasteiger partial charge in [0.2, 0.25) is 17.6 Å². The fourth-order valence-corrected chi connectivity index (χ4v) is 3.39. The number of anilines is 1. The second kappa shape index (κ2) is 6.57. The molecular weight excluding hydrogens is 322 g/mol. The summed E-state index contributed by atoms with van der Waals surface area (Å²) in [6.07, 6.45) is 3.87. The van der Waals surface area contributed by atoms with Gasteiger partial charge in [0.15, 0.2) is 0 Å². The molecule has 1 fully saturated rings. The minimum Gasteiger partial charge on any atom is -0.339 e. The number of hydrogen-bond acceptors (Lipinski definition) is 5. The first-order chi connectivity index (χ1) is 11.8. The summed E-state index contributed by atoms with van der Waals surface area (Å²) in [5.74, 6) is 1.69. The maximum Gasteiger partial charge on any atom is 0.230 e. The van der Waals surface area contributed by atoms with Crippen LogP contribution in [0.4, 0.5) is 5.69 Å². The highest BCUT2D eigenvalue weighted by Gasteiger charge is 2.25. The van der Waals surface area contributed by atoms with Crippen LogP contribution in [-0.4, -0.2) is 16.0 Å². The van der Waals surface area contributed by atoms with Crippen LogP contribution < -0.4 is 5.32 Å². The molecule has 1 aliphatic rings. The second-order valence-electron chi connectivity index (χ2n) is 5.97. The van der Waals surface area contributed by atoms with E-state index < -0.39 is 0 Å². The molecule has 1 aromatic carbocycles. The highest BCUT2D eigenvalue weighted by molar-refractivity contribution is 7.10. The van der Waals surface area contributed by atoms with Gasteiger partial charge in [-0.25, -0.2) is 0 Å². The number of rotatable bonds is 5. The van der Waals surface area contributed by atoms with E-state index in [0.29, 0.717) is 18.2 Å². The number of nitrogens with zero attached hydrogens (tertiary/aromatic N) is 2. The molecule has 0 unspecified atom stereocenters. The Labute approximate surface area is 143 Å². The van der Waals surface area contributed by atoms with Gasteiger partial charge >= 0.3 is 0 Å². The van der Waals surface area contributed by atoms with Crippen molar-refractivity contribution in [3.8, 4) is 11.4 Å². The quantitative estimate of drug-likeness (QED) is 0.754. The lowest BCUT2D eigenvalue weighted by atomic mass is 9.85. The zero-order valence-corrected chi connectivity index (χ0v) is 13.9. The van der Waals surface area contributed by atoms with Gasteiger partial charge in [0.25, 0.3) is 0 Å². The molecule has 4 rings (SSSR count). The Bertz CT molecular complexity index is 838. The number of nitrogens with one attached hydrogen (secondary N) is 1. The average molecular weight is 339 g/mol. The maximum atomic E-state index is 12.1. The number of carbonyl (C=O) groups excluding carboxylic acids is 1. The fraction of sp³-hybridized carbons (Fsp3) is 0.278. The van der Waals surface area contributed by atoms with Gasteiger partial charge < -0.3 is 9.84 Å². The Morgan fingerprint density at radius 1 is 1.29 bits per heavy atom. The molecule has 0 bridgehead atoms. The second-order valence-corrected chi connectivity index (χ2v) is 7.00. The molecule has 6 heteroatoms. The molecule has 1 aliphatic carbocycles.